The van der Waals surface area contributed by atoms with Crippen LogP contribution in [0.3, 0.4) is 0 Å². The highest BCUT2D eigenvalue weighted by Crippen LogP contribution is 2.33. The fourth-order valence-electron chi connectivity index (χ4n) is 2.64. The summed E-state index contributed by atoms with van der Waals surface area (Å²) in [5.41, 5.74) is 8.74. The number of amidine groups is 1. The van der Waals surface area contributed by atoms with Crippen LogP contribution in [-0.4, -0.2) is 29.8 Å². The summed E-state index contributed by atoms with van der Waals surface area (Å²) in [6.45, 7) is 2.19. The van der Waals surface area contributed by atoms with Crippen molar-refractivity contribution in [2.24, 2.45) is 10.7 Å². The van der Waals surface area contributed by atoms with Crippen LogP contribution in [0.15, 0.2) is 35.5 Å². The van der Waals surface area contributed by atoms with Crippen LogP contribution >= 0.6 is 11.6 Å². The van der Waals surface area contributed by atoms with Crippen molar-refractivity contribution < 1.29 is 0 Å². The molecule has 0 amide bonds. The molecule has 0 spiro atoms. The Balaban J connectivity index is 2.14. The topological polar surface area (TPSA) is 54.5 Å². The second kappa shape index (κ2) is 5.67. The third-order valence-corrected chi connectivity index (χ3v) is 3.85. The zero-order valence-corrected chi connectivity index (χ0v) is 12.0. The molecule has 3 rings (SSSR count). The molecule has 2 aromatic rings. The van der Waals surface area contributed by atoms with Gasteiger partial charge in [-0.2, -0.15) is 0 Å². The minimum atomic E-state index is 0.232. The summed E-state index contributed by atoms with van der Waals surface area (Å²) in [4.78, 5) is 11.3. The van der Waals surface area contributed by atoms with E-state index in [9.17, 15) is 0 Å². The molecule has 1 aliphatic heterocycles. The molecule has 1 aliphatic rings. The third-order valence-electron chi connectivity index (χ3n) is 3.57. The van der Waals surface area contributed by atoms with Crippen LogP contribution in [-0.2, 0) is 0 Å². The Bertz CT molecular complexity index is 647. The maximum absolute atomic E-state index is 5.74. The second-order valence-corrected chi connectivity index (χ2v) is 5.20. The number of nitrogens with two attached hydrogens (primary N) is 1. The van der Waals surface area contributed by atoms with Gasteiger partial charge in [0, 0.05) is 24.7 Å². The van der Waals surface area contributed by atoms with Crippen molar-refractivity contribution in [3.05, 3.63) is 30.5 Å². The minimum Gasteiger partial charge on any atom is -0.386 e. The van der Waals surface area contributed by atoms with Gasteiger partial charge in [-0.3, -0.25) is 4.98 Å². The van der Waals surface area contributed by atoms with Crippen molar-refractivity contribution in [2.45, 2.75) is 12.8 Å². The lowest BCUT2D eigenvalue weighted by Crippen LogP contribution is -2.18. The van der Waals surface area contributed by atoms with Crippen LogP contribution in [0.25, 0.3) is 10.9 Å². The number of alkyl halides is 1. The van der Waals surface area contributed by atoms with Gasteiger partial charge in [0.05, 0.1) is 22.8 Å². The molecule has 20 heavy (non-hydrogen) atoms. The molecule has 5 heteroatoms. The van der Waals surface area contributed by atoms with E-state index in [0.717, 1.165) is 29.7 Å². The highest BCUT2D eigenvalue weighted by Gasteiger charge is 2.16. The molecular formula is C15H17ClN4. The number of halogens is 1. The summed E-state index contributed by atoms with van der Waals surface area (Å²) >= 11 is 5.71. The summed E-state index contributed by atoms with van der Waals surface area (Å²) in [5, 5.41) is 1.02. The standard InChI is InChI=1S/C15H17ClN4/c16-10-14(17)19-12-5-6-13(20-8-1-2-9-20)15-11(12)4-3-7-18-15/h3-7H,1-2,8-10H2,(H2,17,19). The zero-order valence-electron chi connectivity index (χ0n) is 11.2. The Morgan fingerprint density at radius 3 is 2.85 bits per heavy atom. The van der Waals surface area contributed by atoms with Crippen molar-refractivity contribution in [1.29, 1.82) is 0 Å². The third kappa shape index (κ3) is 2.43. The number of pyridine rings is 1. The van der Waals surface area contributed by atoms with Crippen LogP contribution in [0.5, 0.6) is 0 Å². The van der Waals surface area contributed by atoms with Gasteiger partial charge in [-0.15, -0.1) is 11.6 Å². The average Bonchev–Trinajstić information content (AvgIpc) is 3.01. The Kier molecular flexibility index (Phi) is 3.74. The summed E-state index contributed by atoms with van der Waals surface area (Å²) < 4.78 is 0. The van der Waals surface area contributed by atoms with E-state index in [0.29, 0.717) is 5.84 Å². The molecular weight excluding hydrogens is 272 g/mol. The van der Waals surface area contributed by atoms with E-state index in [1.54, 1.807) is 0 Å². The van der Waals surface area contributed by atoms with Crippen LogP contribution < -0.4 is 10.6 Å². The SMILES string of the molecule is NC(CCl)=Nc1ccc(N2CCCC2)c2ncccc12. The van der Waals surface area contributed by atoms with Crippen LogP contribution in [0.1, 0.15) is 12.8 Å². The van der Waals surface area contributed by atoms with E-state index in [1.807, 2.05) is 24.4 Å². The fourth-order valence-corrected chi connectivity index (χ4v) is 2.70. The van der Waals surface area contributed by atoms with Gasteiger partial charge in [-0.25, -0.2) is 4.99 Å². The maximum Gasteiger partial charge on any atom is 0.115 e. The molecule has 0 atom stereocenters. The second-order valence-electron chi connectivity index (χ2n) is 4.93. The van der Waals surface area contributed by atoms with Crippen molar-refractivity contribution in [1.82, 2.24) is 4.98 Å². The largest absolute Gasteiger partial charge is 0.386 e. The predicted octanol–water partition coefficient (Wildman–Crippen LogP) is 3.06. The number of rotatable bonds is 3. The number of aliphatic imine (C=N–C) groups is 1. The van der Waals surface area contributed by atoms with Gasteiger partial charge in [0.15, 0.2) is 0 Å². The van der Waals surface area contributed by atoms with Crippen LogP contribution in [0, 0.1) is 0 Å². The van der Waals surface area contributed by atoms with E-state index in [4.69, 9.17) is 17.3 Å². The first kappa shape index (κ1) is 13.2. The number of anilines is 1. The number of nitrogens with zero attached hydrogens (tertiary/aromatic N) is 3. The quantitative estimate of drug-likeness (QED) is 0.536. The monoisotopic (exact) mass is 288 g/mol. The molecule has 0 aliphatic carbocycles. The van der Waals surface area contributed by atoms with E-state index in [2.05, 4.69) is 20.9 Å². The smallest absolute Gasteiger partial charge is 0.115 e. The highest BCUT2D eigenvalue weighted by atomic mass is 35.5. The summed E-state index contributed by atoms with van der Waals surface area (Å²) in [5.74, 6) is 0.654. The van der Waals surface area contributed by atoms with E-state index >= 15 is 0 Å². The zero-order chi connectivity index (χ0) is 13.9. The van der Waals surface area contributed by atoms with Gasteiger partial charge in [0.2, 0.25) is 0 Å². The molecule has 1 aromatic carbocycles. The summed E-state index contributed by atoms with van der Waals surface area (Å²) in [6, 6.07) is 8.03. The molecule has 0 unspecified atom stereocenters. The molecule has 1 aromatic heterocycles. The Morgan fingerprint density at radius 2 is 2.10 bits per heavy atom. The molecule has 1 fully saturated rings. The van der Waals surface area contributed by atoms with Crippen molar-refractivity contribution >= 4 is 39.7 Å². The number of hydrogen-bond acceptors (Lipinski definition) is 3. The molecule has 0 radical (unpaired) electrons. The van der Waals surface area contributed by atoms with Crippen molar-refractivity contribution in [3.63, 3.8) is 0 Å². The average molecular weight is 289 g/mol. The minimum absolute atomic E-state index is 0.232. The Hall–Kier alpha value is -1.81. The van der Waals surface area contributed by atoms with Crippen LogP contribution in [0.4, 0.5) is 11.4 Å². The lowest BCUT2D eigenvalue weighted by molar-refractivity contribution is 0.949. The van der Waals surface area contributed by atoms with Crippen LogP contribution in [0.2, 0.25) is 0 Å². The van der Waals surface area contributed by atoms with Gasteiger partial charge in [-0.1, -0.05) is 0 Å². The Labute approximate surface area is 123 Å². The lowest BCUT2D eigenvalue weighted by atomic mass is 10.1. The molecule has 0 saturated carbocycles. The number of aromatic nitrogens is 1. The van der Waals surface area contributed by atoms with E-state index in [1.165, 1.54) is 18.5 Å². The summed E-state index contributed by atoms with van der Waals surface area (Å²) in [6.07, 6.45) is 4.31. The number of fused-ring (bicyclic) bond motifs is 1. The van der Waals surface area contributed by atoms with Gasteiger partial charge in [-0.05, 0) is 37.1 Å². The number of benzene rings is 1. The summed E-state index contributed by atoms with van der Waals surface area (Å²) in [7, 11) is 0. The first-order valence-corrected chi connectivity index (χ1v) is 7.35. The molecule has 104 valence electrons. The van der Waals surface area contributed by atoms with Gasteiger partial charge < -0.3 is 10.6 Å². The van der Waals surface area contributed by atoms with Crippen molar-refractivity contribution in [2.75, 3.05) is 23.9 Å². The normalized spacial score (nSPS) is 16.1. The van der Waals surface area contributed by atoms with E-state index in [-0.39, 0.29) is 5.88 Å². The maximum atomic E-state index is 5.74. The van der Waals surface area contributed by atoms with Gasteiger partial charge in [0.1, 0.15) is 5.84 Å². The molecule has 4 nitrogen and oxygen atoms in total. The van der Waals surface area contributed by atoms with Crippen molar-refractivity contribution in [3.8, 4) is 0 Å². The molecule has 2 N–H and O–H groups in total. The van der Waals surface area contributed by atoms with Gasteiger partial charge in [0.25, 0.3) is 0 Å². The highest BCUT2D eigenvalue weighted by molar-refractivity contribution is 6.28. The molecule has 2 heterocycles. The van der Waals surface area contributed by atoms with Gasteiger partial charge >= 0.3 is 0 Å². The number of hydrogen-bond donors (Lipinski definition) is 1. The molecule has 1 saturated heterocycles. The Morgan fingerprint density at radius 1 is 1.30 bits per heavy atom. The fraction of sp³-hybridized carbons (Fsp3) is 0.333. The van der Waals surface area contributed by atoms with E-state index < -0.39 is 0 Å². The lowest BCUT2D eigenvalue weighted by Gasteiger charge is -2.19. The first-order valence-electron chi connectivity index (χ1n) is 6.81. The molecule has 0 bridgehead atoms. The predicted molar refractivity (Wildman–Crippen MR) is 85.2 cm³/mol. The first-order chi connectivity index (χ1) is 9.79.